The highest BCUT2D eigenvalue weighted by molar-refractivity contribution is 8.03. The van der Waals surface area contributed by atoms with Crippen molar-refractivity contribution in [3.63, 3.8) is 0 Å². The van der Waals surface area contributed by atoms with E-state index in [4.69, 9.17) is 4.74 Å². The molecule has 28 heavy (non-hydrogen) atoms. The van der Waals surface area contributed by atoms with Crippen molar-refractivity contribution in [1.29, 1.82) is 0 Å². The molecule has 0 aromatic rings. The van der Waals surface area contributed by atoms with Crippen LogP contribution in [-0.2, 0) is 19.1 Å². The molecule has 10 heteroatoms. The molecule has 0 aromatic carbocycles. The molecule has 156 valence electrons. The lowest BCUT2D eigenvalue weighted by Gasteiger charge is -2.46. The molecular formula is C18H27N3O6S. The summed E-state index contributed by atoms with van der Waals surface area (Å²) in [5.74, 6) is -2.05. The van der Waals surface area contributed by atoms with Gasteiger partial charge in [0.25, 0.3) is 0 Å². The van der Waals surface area contributed by atoms with Crippen molar-refractivity contribution in [3.8, 4) is 0 Å². The number of β-lactam (4-membered cyclic amide) rings is 1. The van der Waals surface area contributed by atoms with Crippen LogP contribution in [0.25, 0.3) is 0 Å². The Morgan fingerprint density at radius 3 is 2.75 bits per heavy atom. The topological polar surface area (TPSA) is 128 Å². The van der Waals surface area contributed by atoms with Gasteiger partial charge in [0.2, 0.25) is 11.8 Å². The Hall–Kier alpha value is -1.62. The SMILES string of the molecule is CNCC(=O)NCC1CC(SC2=C(C)C3C(C(C)O)C(=O)N3C2C(=O)O)CO1. The molecule has 6 atom stereocenters. The van der Waals surface area contributed by atoms with Crippen molar-refractivity contribution in [2.75, 3.05) is 26.7 Å². The predicted octanol–water partition coefficient (Wildman–Crippen LogP) is -0.839. The number of rotatable bonds is 8. The number of hydrogen-bond donors (Lipinski definition) is 4. The highest BCUT2D eigenvalue weighted by atomic mass is 32.2. The Balaban J connectivity index is 1.64. The van der Waals surface area contributed by atoms with Gasteiger partial charge in [-0.1, -0.05) is 0 Å². The molecule has 6 unspecified atom stereocenters. The number of carboxylic acid groups (broad SMARTS) is 1. The summed E-state index contributed by atoms with van der Waals surface area (Å²) in [6.45, 7) is 4.52. The van der Waals surface area contributed by atoms with E-state index in [9.17, 15) is 24.6 Å². The summed E-state index contributed by atoms with van der Waals surface area (Å²) in [5, 5.41) is 25.2. The minimum absolute atomic E-state index is 0.0526. The van der Waals surface area contributed by atoms with E-state index in [2.05, 4.69) is 10.6 Å². The van der Waals surface area contributed by atoms with E-state index in [1.807, 2.05) is 6.92 Å². The van der Waals surface area contributed by atoms with E-state index < -0.39 is 24.0 Å². The maximum absolute atomic E-state index is 12.4. The molecule has 0 radical (unpaired) electrons. The van der Waals surface area contributed by atoms with Crippen molar-refractivity contribution in [1.82, 2.24) is 15.5 Å². The van der Waals surface area contributed by atoms with Crippen LogP contribution in [0.15, 0.2) is 10.5 Å². The number of carbonyl (C=O) groups is 3. The number of hydrogen-bond acceptors (Lipinski definition) is 7. The van der Waals surface area contributed by atoms with E-state index in [-0.39, 0.29) is 35.8 Å². The van der Waals surface area contributed by atoms with Crippen LogP contribution in [0.2, 0.25) is 0 Å². The standard InChI is InChI=1S/C18H27N3O6S/c1-8-14-13(9(2)22)17(24)21(14)15(18(25)26)16(8)28-11-4-10(27-7-11)5-20-12(23)6-19-3/h9-11,13-15,19,22H,4-7H2,1-3H3,(H,20,23)(H,25,26). The molecule has 3 rings (SSSR count). The Morgan fingerprint density at radius 2 is 2.14 bits per heavy atom. The monoisotopic (exact) mass is 413 g/mol. The summed E-state index contributed by atoms with van der Waals surface area (Å²) in [6.07, 6.45) is -0.248. The number of nitrogens with one attached hydrogen (secondary N) is 2. The number of aliphatic carboxylic acids is 1. The average Bonchev–Trinajstić information content (AvgIpc) is 3.15. The highest BCUT2D eigenvalue weighted by Gasteiger charge is 2.60. The first-order chi connectivity index (χ1) is 13.3. The Morgan fingerprint density at radius 1 is 1.43 bits per heavy atom. The van der Waals surface area contributed by atoms with Gasteiger partial charge in [-0.05, 0) is 32.9 Å². The van der Waals surface area contributed by atoms with E-state index in [1.165, 1.54) is 16.7 Å². The quantitative estimate of drug-likeness (QED) is 0.379. The molecule has 2 saturated heterocycles. The maximum Gasteiger partial charge on any atom is 0.331 e. The number of nitrogens with zero attached hydrogens (tertiary/aromatic N) is 1. The van der Waals surface area contributed by atoms with E-state index in [1.54, 1.807) is 14.0 Å². The molecule has 0 spiro atoms. The van der Waals surface area contributed by atoms with E-state index in [0.29, 0.717) is 24.5 Å². The number of carboxylic acids is 1. The Kier molecular flexibility index (Phi) is 6.33. The normalized spacial score (nSPS) is 32.9. The largest absolute Gasteiger partial charge is 0.479 e. The zero-order valence-electron chi connectivity index (χ0n) is 16.2. The van der Waals surface area contributed by atoms with Crippen LogP contribution >= 0.6 is 11.8 Å². The van der Waals surface area contributed by atoms with Gasteiger partial charge in [0.1, 0.15) is 0 Å². The second-order valence-electron chi connectivity index (χ2n) is 7.51. The lowest BCUT2D eigenvalue weighted by Crippen LogP contribution is -2.65. The molecule has 0 bridgehead atoms. The van der Waals surface area contributed by atoms with Crippen LogP contribution in [0.5, 0.6) is 0 Å². The van der Waals surface area contributed by atoms with Crippen LogP contribution in [0, 0.1) is 5.92 Å². The molecule has 3 aliphatic rings. The van der Waals surface area contributed by atoms with Crippen molar-refractivity contribution >= 4 is 29.5 Å². The van der Waals surface area contributed by atoms with E-state index in [0.717, 1.165) is 5.57 Å². The summed E-state index contributed by atoms with van der Waals surface area (Å²) in [7, 11) is 1.70. The molecule has 3 aliphatic heterocycles. The second kappa shape index (κ2) is 8.40. The zero-order valence-corrected chi connectivity index (χ0v) is 17.0. The van der Waals surface area contributed by atoms with Gasteiger partial charge in [0.05, 0.1) is 37.3 Å². The van der Waals surface area contributed by atoms with Crippen LogP contribution in [0.4, 0.5) is 0 Å². The lowest BCUT2D eigenvalue weighted by molar-refractivity contribution is -0.168. The van der Waals surface area contributed by atoms with Gasteiger partial charge in [-0.25, -0.2) is 4.79 Å². The third-order valence-electron chi connectivity index (χ3n) is 5.49. The number of carbonyl (C=O) groups excluding carboxylic acids is 2. The first-order valence-electron chi connectivity index (χ1n) is 9.39. The highest BCUT2D eigenvalue weighted by Crippen LogP contribution is 2.49. The van der Waals surface area contributed by atoms with Crippen molar-refractivity contribution in [3.05, 3.63) is 10.5 Å². The summed E-state index contributed by atoms with van der Waals surface area (Å²) in [5.41, 5.74) is 0.841. The van der Waals surface area contributed by atoms with Crippen molar-refractivity contribution in [2.45, 2.75) is 49.8 Å². The average molecular weight is 413 g/mol. The van der Waals surface area contributed by atoms with Gasteiger partial charge < -0.3 is 30.5 Å². The van der Waals surface area contributed by atoms with Gasteiger partial charge >= 0.3 is 5.97 Å². The van der Waals surface area contributed by atoms with Crippen LogP contribution in [0.1, 0.15) is 20.3 Å². The molecule has 0 aromatic heterocycles. The predicted molar refractivity (Wildman–Crippen MR) is 103 cm³/mol. The van der Waals surface area contributed by atoms with Crippen LogP contribution < -0.4 is 10.6 Å². The van der Waals surface area contributed by atoms with Gasteiger partial charge in [-0.3, -0.25) is 9.59 Å². The van der Waals surface area contributed by atoms with Crippen LogP contribution in [0.3, 0.4) is 0 Å². The number of thioether (sulfide) groups is 1. The fraction of sp³-hybridized carbons (Fsp3) is 0.722. The van der Waals surface area contributed by atoms with Gasteiger partial charge in [-0.2, -0.15) is 0 Å². The molecule has 2 amide bonds. The van der Waals surface area contributed by atoms with Gasteiger partial charge in [-0.15, -0.1) is 11.8 Å². The fourth-order valence-electron chi connectivity index (χ4n) is 4.17. The molecule has 4 N–H and O–H groups in total. The third kappa shape index (κ3) is 3.78. The minimum Gasteiger partial charge on any atom is -0.479 e. The molecular weight excluding hydrogens is 386 g/mol. The third-order valence-corrected chi connectivity index (χ3v) is 6.95. The van der Waals surface area contributed by atoms with Crippen LogP contribution in [-0.4, -0.2) is 89.2 Å². The number of aliphatic hydroxyl groups excluding tert-OH is 1. The van der Waals surface area contributed by atoms with E-state index >= 15 is 0 Å². The lowest BCUT2D eigenvalue weighted by atomic mass is 9.81. The number of ether oxygens (including phenoxy) is 1. The van der Waals surface area contributed by atoms with Crippen molar-refractivity contribution < 1.29 is 29.3 Å². The summed E-state index contributed by atoms with van der Waals surface area (Å²) >= 11 is 1.44. The number of fused-ring (bicyclic) bond motifs is 1. The van der Waals surface area contributed by atoms with Crippen molar-refractivity contribution in [2.24, 2.45) is 5.92 Å². The number of amides is 2. The Labute approximate surface area is 167 Å². The van der Waals surface area contributed by atoms with Gasteiger partial charge in [0, 0.05) is 16.7 Å². The molecule has 2 fully saturated rings. The first-order valence-corrected chi connectivity index (χ1v) is 10.3. The summed E-state index contributed by atoms with van der Waals surface area (Å²) < 4.78 is 5.74. The molecule has 0 aliphatic carbocycles. The zero-order chi connectivity index (χ0) is 20.6. The minimum atomic E-state index is -1.06. The summed E-state index contributed by atoms with van der Waals surface area (Å²) in [6, 6.07) is -1.35. The van der Waals surface area contributed by atoms with Gasteiger partial charge in [0.15, 0.2) is 6.04 Å². The number of aliphatic hydroxyl groups is 1. The Bertz CT molecular complexity index is 697. The molecule has 0 saturated carbocycles. The molecule has 3 heterocycles. The fourth-order valence-corrected chi connectivity index (χ4v) is 5.64. The molecule has 9 nitrogen and oxygen atoms in total. The summed E-state index contributed by atoms with van der Waals surface area (Å²) in [4.78, 5) is 37.8. The first kappa shape index (κ1) is 21.1. The maximum atomic E-state index is 12.4. The number of likely N-dealkylation sites (N-methyl/N-ethyl adjacent to an activating group) is 1. The second-order valence-corrected chi connectivity index (χ2v) is 8.85. The smallest absolute Gasteiger partial charge is 0.331 e.